The van der Waals surface area contributed by atoms with Gasteiger partial charge in [-0.2, -0.15) is 4.37 Å². The molecule has 3 N–H and O–H groups in total. The number of nitrogen functional groups attached to an aromatic ring is 1. The molecule has 17 heavy (non-hydrogen) atoms. The summed E-state index contributed by atoms with van der Waals surface area (Å²) in [6.07, 6.45) is 1.35. The Morgan fingerprint density at radius 1 is 1.59 bits per heavy atom. The highest BCUT2D eigenvalue weighted by Crippen LogP contribution is 2.18. The van der Waals surface area contributed by atoms with Gasteiger partial charge in [0.2, 0.25) is 5.13 Å². The zero-order chi connectivity index (χ0) is 12.4. The molecule has 0 saturated heterocycles. The van der Waals surface area contributed by atoms with E-state index in [1.165, 1.54) is 12.3 Å². The standard InChI is InChI=1S/C9H8ClN5OS/c1-4-13-9(17-15-4)14-8(16)5-2-6(10)7(11)12-3-5/h2-3H,1H3,(H2,11,12)(H,13,14,15,16). The first-order valence-electron chi connectivity index (χ1n) is 4.59. The lowest BCUT2D eigenvalue weighted by Gasteiger charge is -2.02. The van der Waals surface area contributed by atoms with Gasteiger partial charge in [-0.05, 0) is 13.0 Å². The van der Waals surface area contributed by atoms with Crippen LogP contribution in [0.25, 0.3) is 0 Å². The summed E-state index contributed by atoms with van der Waals surface area (Å²) in [5.74, 6) is 0.448. The molecule has 0 aliphatic heterocycles. The quantitative estimate of drug-likeness (QED) is 0.866. The highest BCUT2D eigenvalue weighted by Gasteiger charge is 2.11. The number of aryl methyl sites for hydroxylation is 1. The molecular formula is C9H8ClN5OS. The zero-order valence-electron chi connectivity index (χ0n) is 8.77. The summed E-state index contributed by atoms with van der Waals surface area (Å²) in [6, 6.07) is 1.45. The van der Waals surface area contributed by atoms with Gasteiger partial charge in [-0.15, -0.1) is 0 Å². The summed E-state index contributed by atoms with van der Waals surface area (Å²) < 4.78 is 3.95. The van der Waals surface area contributed by atoms with Crippen molar-refractivity contribution in [2.75, 3.05) is 11.1 Å². The summed E-state index contributed by atoms with van der Waals surface area (Å²) >= 11 is 6.88. The molecule has 88 valence electrons. The van der Waals surface area contributed by atoms with Gasteiger partial charge in [0.05, 0.1) is 10.6 Å². The van der Waals surface area contributed by atoms with Crippen LogP contribution in [0, 0.1) is 6.92 Å². The van der Waals surface area contributed by atoms with Crippen LogP contribution >= 0.6 is 23.1 Å². The van der Waals surface area contributed by atoms with E-state index in [9.17, 15) is 4.79 Å². The SMILES string of the molecule is Cc1nsc(NC(=O)c2cnc(N)c(Cl)c2)n1. The van der Waals surface area contributed by atoms with Crippen molar-refractivity contribution in [1.82, 2.24) is 14.3 Å². The summed E-state index contributed by atoms with van der Waals surface area (Å²) in [4.78, 5) is 19.6. The number of carbonyl (C=O) groups excluding carboxylic acids is 1. The highest BCUT2D eigenvalue weighted by atomic mass is 35.5. The molecule has 0 aliphatic carbocycles. The van der Waals surface area contributed by atoms with Crippen molar-refractivity contribution in [2.45, 2.75) is 6.92 Å². The Kier molecular flexibility index (Phi) is 3.21. The van der Waals surface area contributed by atoms with E-state index in [-0.39, 0.29) is 16.7 Å². The molecule has 0 bridgehead atoms. The topological polar surface area (TPSA) is 93.8 Å². The number of nitrogens with zero attached hydrogens (tertiary/aromatic N) is 3. The Labute approximate surface area is 106 Å². The Hall–Kier alpha value is -1.73. The van der Waals surface area contributed by atoms with Gasteiger partial charge in [0.1, 0.15) is 11.6 Å². The molecule has 0 saturated carbocycles. The predicted molar refractivity (Wildman–Crippen MR) is 66.3 cm³/mol. The number of halogens is 1. The van der Waals surface area contributed by atoms with Crippen LogP contribution in [0.1, 0.15) is 16.2 Å². The molecular weight excluding hydrogens is 262 g/mol. The Morgan fingerprint density at radius 2 is 2.35 bits per heavy atom. The number of hydrogen-bond donors (Lipinski definition) is 2. The number of anilines is 2. The minimum absolute atomic E-state index is 0.190. The maximum Gasteiger partial charge on any atom is 0.259 e. The molecule has 2 rings (SSSR count). The number of carbonyl (C=O) groups is 1. The minimum Gasteiger partial charge on any atom is -0.382 e. The van der Waals surface area contributed by atoms with Crippen molar-refractivity contribution in [3.63, 3.8) is 0 Å². The van der Waals surface area contributed by atoms with Gasteiger partial charge in [0, 0.05) is 17.7 Å². The highest BCUT2D eigenvalue weighted by molar-refractivity contribution is 7.09. The Balaban J connectivity index is 2.17. The third-order valence-electron chi connectivity index (χ3n) is 1.88. The first-order chi connectivity index (χ1) is 8.06. The van der Waals surface area contributed by atoms with E-state index in [1.54, 1.807) is 6.92 Å². The zero-order valence-corrected chi connectivity index (χ0v) is 10.3. The molecule has 0 fully saturated rings. The van der Waals surface area contributed by atoms with Gasteiger partial charge in [-0.3, -0.25) is 10.1 Å². The second-order valence-corrected chi connectivity index (χ2v) is 4.35. The molecule has 2 heterocycles. The van der Waals surface area contributed by atoms with Crippen LogP contribution in [0.2, 0.25) is 5.02 Å². The van der Waals surface area contributed by atoms with Crippen LogP contribution < -0.4 is 11.1 Å². The molecule has 0 aromatic carbocycles. The Morgan fingerprint density at radius 3 is 2.94 bits per heavy atom. The van der Waals surface area contributed by atoms with Crippen molar-refractivity contribution >= 4 is 40.0 Å². The van der Waals surface area contributed by atoms with Gasteiger partial charge >= 0.3 is 0 Å². The molecule has 8 heteroatoms. The third kappa shape index (κ3) is 2.69. The van der Waals surface area contributed by atoms with Gasteiger partial charge < -0.3 is 5.73 Å². The molecule has 0 unspecified atom stereocenters. The first kappa shape index (κ1) is 11.7. The fraction of sp³-hybridized carbons (Fsp3) is 0.111. The van der Waals surface area contributed by atoms with Crippen molar-refractivity contribution < 1.29 is 4.79 Å². The fourth-order valence-electron chi connectivity index (χ4n) is 1.09. The van der Waals surface area contributed by atoms with E-state index in [0.717, 1.165) is 11.5 Å². The van der Waals surface area contributed by atoms with Crippen molar-refractivity contribution in [3.05, 3.63) is 28.7 Å². The summed E-state index contributed by atoms with van der Waals surface area (Å²) in [7, 11) is 0. The average Bonchev–Trinajstić information content (AvgIpc) is 2.68. The number of aromatic nitrogens is 3. The van der Waals surface area contributed by atoms with E-state index in [4.69, 9.17) is 17.3 Å². The number of nitrogens with one attached hydrogen (secondary N) is 1. The second-order valence-electron chi connectivity index (χ2n) is 3.19. The molecule has 2 aromatic rings. The lowest BCUT2D eigenvalue weighted by molar-refractivity contribution is 0.102. The number of hydrogen-bond acceptors (Lipinski definition) is 6. The molecule has 2 aromatic heterocycles. The molecule has 0 atom stereocenters. The number of nitrogens with two attached hydrogens (primary N) is 1. The summed E-state index contributed by atoms with van der Waals surface area (Å²) in [5.41, 5.74) is 5.77. The van der Waals surface area contributed by atoms with Crippen LogP contribution in [0.15, 0.2) is 12.3 Å². The van der Waals surface area contributed by atoms with E-state index in [1.807, 2.05) is 0 Å². The van der Waals surface area contributed by atoms with Crippen LogP contribution in [-0.2, 0) is 0 Å². The van der Waals surface area contributed by atoms with Gasteiger partial charge in [0.25, 0.3) is 5.91 Å². The molecule has 0 radical (unpaired) electrons. The molecule has 1 amide bonds. The number of amides is 1. The van der Waals surface area contributed by atoms with E-state index in [0.29, 0.717) is 16.5 Å². The maximum absolute atomic E-state index is 11.8. The monoisotopic (exact) mass is 269 g/mol. The lowest BCUT2D eigenvalue weighted by atomic mass is 10.2. The van der Waals surface area contributed by atoms with Crippen LogP contribution in [0.4, 0.5) is 10.9 Å². The van der Waals surface area contributed by atoms with Crippen molar-refractivity contribution in [2.24, 2.45) is 0 Å². The van der Waals surface area contributed by atoms with E-state index < -0.39 is 0 Å². The van der Waals surface area contributed by atoms with E-state index >= 15 is 0 Å². The third-order valence-corrected chi connectivity index (χ3v) is 2.90. The number of pyridine rings is 1. The summed E-state index contributed by atoms with van der Waals surface area (Å²) in [6.45, 7) is 1.74. The van der Waals surface area contributed by atoms with Crippen LogP contribution in [-0.4, -0.2) is 20.2 Å². The molecule has 0 spiro atoms. The maximum atomic E-state index is 11.8. The summed E-state index contributed by atoms with van der Waals surface area (Å²) in [5, 5.41) is 3.26. The van der Waals surface area contributed by atoms with Crippen LogP contribution in [0.3, 0.4) is 0 Å². The minimum atomic E-state index is -0.351. The largest absolute Gasteiger partial charge is 0.382 e. The fourth-order valence-corrected chi connectivity index (χ4v) is 1.83. The van der Waals surface area contributed by atoms with Gasteiger partial charge in [0.15, 0.2) is 0 Å². The van der Waals surface area contributed by atoms with Crippen molar-refractivity contribution in [1.29, 1.82) is 0 Å². The molecule has 6 nitrogen and oxygen atoms in total. The molecule has 0 aliphatic rings. The lowest BCUT2D eigenvalue weighted by Crippen LogP contribution is -2.12. The smallest absolute Gasteiger partial charge is 0.259 e. The predicted octanol–water partition coefficient (Wildman–Crippen LogP) is 1.73. The second kappa shape index (κ2) is 4.64. The van der Waals surface area contributed by atoms with Crippen molar-refractivity contribution in [3.8, 4) is 0 Å². The van der Waals surface area contributed by atoms with Gasteiger partial charge in [-0.1, -0.05) is 11.6 Å². The Bertz CT molecular complexity index is 570. The number of rotatable bonds is 2. The average molecular weight is 270 g/mol. The van der Waals surface area contributed by atoms with Crippen LogP contribution in [0.5, 0.6) is 0 Å². The normalized spacial score (nSPS) is 10.2. The van der Waals surface area contributed by atoms with Gasteiger partial charge in [-0.25, -0.2) is 9.97 Å². The first-order valence-corrected chi connectivity index (χ1v) is 5.74. The van der Waals surface area contributed by atoms with E-state index in [2.05, 4.69) is 19.7 Å².